The molecular formula is C19H11Cl5N2O4. The minimum absolute atomic E-state index is 0.000288. The fraction of sp³-hybridized carbons (Fsp3) is 0.0526. The summed E-state index contributed by atoms with van der Waals surface area (Å²) in [5.74, 6) is -0.606. The first-order valence-corrected chi connectivity index (χ1v) is 10.0. The zero-order valence-electron chi connectivity index (χ0n) is 14.8. The van der Waals surface area contributed by atoms with Crippen molar-refractivity contribution in [2.75, 3.05) is 0 Å². The number of carbonyl (C=O) groups is 1. The number of oxime groups is 1. The minimum atomic E-state index is -0.839. The van der Waals surface area contributed by atoms with Crippen molar-refractivity contribution >= 4 is 69.8 Å². The van der Waals surface area contributed by atoms with Gasteiger partial charge >= 0.3 is 5.97 Å². The molecule has 30 heavy (non-hydrogen) atoms. The van der Waals surface area contributed by atoms with Gasteiger partial charge in [-0.3, -0.25) is 0 Å². The Morgan fingerprint density at radius 3 is 2.13 bits per heavy atom. The molecule has 1 heterocycles. The lowest BCUT2D eigenvalue weighted by atomic mass is 10.2. The van der Waals surface area contributed by atoms with Crippen molar-refractivity contribution in [3.63, 3.8) is 0 Å². The minimum Gasteiger partial charge on any atom is -0.482 e. The van der Waals surface area contributed by atoms with Crippen LogP contribution in [0.15, 0.2) is 52.0 Å². The highest BCUT2D eigenvalue weighted by Crippen LogP contribution is 2.48. The first-order valence-electron chi connectivity index (χ1n) is 8.12. The van der Waals surface area contributed by atoms with Gasteiger partial charge in [-0.2, -0.15) is 0 Å². The molecule has 2 N–H and O–H groups in total. The van der Waals surface area contributed by atoms with E-state index in [0.717, 1.165) is 0 Å². The Kier molecular flexibility index (Phi) is 7.39. The summed E-state index contributed by atoms with van der Waals surface area (Å²) in [6.45, 7) is -0.129. The largest absolute Gasteiger partial charge is 0.482 e. The molecule has 0 atom stereocenters. The number of furan rings is 1. The molecule has 0 amide bonds. The third-order valence-corrected chi connectivity index (χ3v) is 5.93. The van der Waals surface area contributed by atoms with Gasteiger partial charge in [-0.15, -0.1) is 0 Å². The molecule has 0 fully saturated rings. The van der Waals surface area contributed by atoms with E-state index < -0.39 is 5.97 Å². The Labute approximate surface area is 196 Å². The predicted octanol–water partition coefficient (Wildman–Crippen LogP) is 6.60. The van der Waals surface area contributed by atoms with Crippen LogP contribution < -0.4 is 10.5 Å². The highest BCUT2D eigenvalue weighted by Gasteiger charge is 2.21. The number of benzene rings is 2. The molecule has 0 saturated heterocycles. The van der Waals surface area contributed by atoms with Crippen LogP contribution in [0.4, 0.5) is 0 Å². The van der Waals surface area contributed by atoms with Crippen LogP contribution in [0.25, 0.3) is 0 Å². The second-order valence-corrected chi connectivity index (χ2v) is 7.56. The molecule has 0 aliphatic heterocycles. The molecule has 0 aliphatic rings. The van der Waals surface area contributed by atoms with Crippen molar-refractivity contribution in [3.8, 4) is 5.75 Å². The highest BCUT2D eigenvalue weighted by molar-refractivity contribution is 6.55. The number of hydrogen-bond donors (Lipinski definition) is 1. The average molecular weight is 509 g/mol. The Morgan fingerprint density at radius 2 is 1.50 bits per heavy atom. The van der Waals surface area contributed by atoms with E-state index in [2.05, 4.69) is 5.16 Å². The number of nitrogens with zero attached hydrogens (tertiary/aromatic N) is 1. The SMILES string of the molecule is N/C(=N\OC(=O)c1ccc(COc2c(Cl)c(Cl)c(Cl)c(Cl)c2Cl)o1)c1ccccc1. The maximum Gasteiger partial charge on any atom is 0.400 e. The lowest BCUT2D eigenvalue weighted by molar-refractivity contribution is 0.0475. The van der Waals surface area contributed by atoms with E-state index in [1.165, 1.54) is 12.1 Å². The van der Waals surface area contributed by atoms with Gasteiger partial charge in [0.25, 0.3) is 0 Å². The zero-order chi connectivity index (χ0) is 21.8. The average Bonchev–Trinajstić information content (AvgIpc) is 3.24. The quantitative estimate of drug-likeness (QED) is 0.101. The number of halogens is 5. The second-order valence-electron chi connectivity index (χ2n) is 5.67. The van der Waals surface area contributed by atoms with E-state index in [4.69, 9.17) is 77.7 Å². The van der Waals surface area contributed by atoms with Gasteiger partial charge in [0.1, 0.15) is 22.4 Å². The normalized spacial score (nSPS) is 11.4. The van der Waals surface area contributed by atoms with Crippen LogP contribution in [0.2, 0.25) is 25.1 Å². The number of ether oxygens (including phenoxy) is 1. The Bertz CT molecular complexity index is 1090. The molecule has 0 aliphatic carbocycles. The van der Waals surface area contributed by atoms with Crippen molar-refractivity contribution in [1.29, 1.82) is 0 Å². The molecule has 156 valence electrons. The fourth-order valence-electron chi connectivity index (χ4n) is 2.22. The lowest BCUT2D eigenvalue weighted by Gasteiger charge is -2.12. The van der Waals surface area contributed by atoms with Crippen LogP contribution in [-0.4, -0.2) is 11.8 Å². The molecular weight excluding hydrogens is 497 g/mol. The van der Waals surface area contributed by atoms with Gasteiger partial charge in [0.2, 0.25) is 5.76 Å². The van der Waals surface area contributed by atoms with Gasteiger partial charge in [-0.1, -0.05) is 93.5 Å². The number of rotatable bonds is 6. The van der Waals surface area contributed by atoms with Crippen LogP contribution in [0.3, 0.4) is 0 Å². The van der Waals surface area contributed by atoms with Gasteiger partial charge in [0, 0.05) is 5.56 Å². The first kappa shape index (κ1) is 22.6. The third-order valence-electron chi connectivity index (χ3n) is 3.69. The van der Waals surface area contributed by atoms with E-state index in [1.807, 2.05) is 6.07 Å². The van der Waals surface area contributed by atoms with Crippen molar-refractivity contribution in [2.24, 2.45) is 10.9 Å². The third kappa shape index (κ3) is 4.96. The second kappa shape index (κ2) is 9.81. The maximum atomic E-state index is 12.1. The summed E-state index contributed by atoms with van der Waals surface area (Å²) in [7, 11) is 0. The number of carbonyl (C=O) groups excluding carboxylic acids is 1. The molecule has 6 nitrogen and oxygen atoms in total. The van der Waals surface area contributed by atoms with Gasteiger partial charge in [-0.25, -0.2) is 4.79 Å². The molecule has 3 aromatic rings. The summed E-state index contributed by atoms with van der Waals surface area (Å²) in [5, 5.41) is 3.60. The smallest absolute Gasteiger partial charge is 0.400 e. The molecule has 0 unspecified atom stereocenters. The fourth-order valence-corrected chi connectivity index (χ4v) is 3.45. The number of nitrogens with two attached hydrogens (primary N) is 1. The lowest BCUT2D eigenvalue weighted by Crippen LogP contribution is -2.15. The van der Waals surface area contributed by atoms with E-state index in [0.29, 0.717) is 5.56 Å². The monoisotopic (exact) mass is 506 g/mol. The molecule has 0 saturated carbocycles. The topological polar surface area (TPSA) is 87.1 Å². The standard InChI is InChI=1S/C19H11Cl5N2O4/c20-12-13(21)15(23)17(16(24)14(12)22)28-8-10-6-7-11(29-10)19(27)30-26-18(25)9-4-2-1-3-5-9/h1-7H,8H2,(H2,25,26). The highest BCUT2D eigenvalue weighted by atomic mass is 35.5. The Hall–Kier alpha value is -2.09. The summed E-state index contributed by atoms with van der Waals surface area (Å²) in [6, 6.07) is 11.7. The van der Waals surface area contributed by atoms with Crippen molar-refractivity contribution in [2.45, 2.75) is 6.61 Å². The molecule has 1 aromatic heterocycles. The van der Waals surface area contributed by atoms with Gasteiger partial charge < -0.3 is 19.7 Å². The molecule has 11 heteroatoms. The van der Waals surface area contributed by atoms with Crippen LogP contribution >= 0.6 is 58.0 Å². The summed E-state index contributed by atoms with van der Waals surface area (Å²) in [4.78, 5) is 16.9. The van der Waals surface area contributed by atoms with Crippen molar-refractivity contribution in [1.82, 2.24) is 0 Å². The van der Waals surface area contributed by atoms with Crippen molar-refractivity contribution in [3.05, 3.63) is 84.7 Å². The van der Waals surface area contributed by atoms with Gasteiger partial charge in [0.15, 0.2) is 11.6 Å². The van der Waals surface area contributed by atoms with E-state index >= 15 is 0 Å². The van der Waals surface area contributed by atoms with Crippen LogP contribution in [0, 0.1) is 0 Å². The summed E-state index contributed by atoms with van der Waals surface area (Å²) < 4.78 is 10.9. The summed E-state index contributed by atoms with van der Waals surface area (Å²) >= 11 is 30.1. The van der Waals surface area contributed by atoms with Crippen LogP contribution in [0.1, 0.15) is 21.9 Å². The molecule has 2 aromatic carbocycles. The summed E-state index contributed by atoms with van der Waals surface area (Å²) in [6.07, 6.45) is 0. The first-order chi connectivity index (χ1) is 14.3. The predicted molar refractivity (Wildman–Crippen MR) is 117 cm³/mol. The van der Waals surface area contributed by atoms with Gasteiger partial charge in [-0.05, 0) is 12.1 Å². The number of hydrogen-bond acceptors (Lipinski definition) is 5. The number of amidine groups is 1. The molecule has 3 rings (SSSR count). The Balaban J connectivity index is 1.67. The van der Waals surface area contributed by atoms with Gasteiger partial charge in [0.05, 0.1) is 15.1 Å². The maximum absolute atomic E-state index is 12.1. The molecule has 0 radical (unpaired) electrons. The Morgan fingerprint density at radius 1 is 0.900 bits per heavy atom. The van der Waals surface area contributed by atoms with E-state index in [-0.39, 0.29) is 54.8 Å². The summed E-state index contributed by atoms with van der Waals surface area (Å²) in [5.41, 5.74) is 6.37. The van der Waals surface area contributed by atoms with Crippen LogP contribution in [-0.2, 0) is 11.4 Å². The van der Waals surface area contributed by atoms with Crippen molar-refractivity contribution < 1.29 is 18.8 Å². The van der Waals surface area contributed by atoms with E-state index in [9.17, 15) is 4.79 Å². The van der Waals surface area contributed by atoms with E-state index in [1.54, 1.807) is 24.3 Å². The molecule has 0 spiro atoms. The molecule has 0 bridgehead atoms. The van der Waals surface area contributed by atoms with Crippen LogP contribution in [0.5, 0.6) is 5.75 Å². The zero-order valence-corrected chi connectivity index (χ0v) is 18.6.